The average Bonchev–Trinajstić information content (AvgIpc) is 2.08. The molecule has 0 spiro atoms. The molecule has 0 amide bonds. The van der Waals surface area contributed by atoms with Crippen LogP contribution in [-0.2, 0) is 0 Å². The van der Waals surface area contributed by atoms with Crippen LogP contribution < -0.4 is 0 Å². The van der Waals surface area contributed by atoms with Crippen molar-refractivity contribution in [3.05, 3.63) is 26.0 Å². The second kappa shape index (κ2) is 4.15. The molecule has 68 valence electrons. The topological polar surface area (TPSA) is 36.7 Å². The molecule has 0 aromatic carbocycles. The molecule has 13 heavy (non-hydrogen) atoms. The Hall–Kier alpha value is -0.480. The average molecular weight is 314 g/mol. The predicted molar refractivity (Wildman–Crippen MR) is 51.6 cm³/mol. The number of nitrogens with zero attached hydrogens (tertiary/aromatic N) is 2. The van der Waals surface area contributed by atoms with Gasteiger partial charge in [0.25, 0.3) is 6.43 Å². The second-order valence-electron chi connectivity index (χ2n) is 2.10. The summed E-state index contributed by atoms with van der Waals surface area (Å²) in [5, 5.41) is 8.47. The molecule has 0 saturated carbocycles. The van der Waals surface area contributed by atoms with Crippen LogP contribution in [0, 0.1) is 14.9 Å². The van der Waals surface area contributed by atoms with Gasteiger partial charge in [0, 0.05) is 0 Å². The number of rotatable bonds is 1. The third-order valence-corrected chi connectivity index (χ3v) is 2.61. The SMILES string of the molecule is N#Cc1cc(Cl)nc(C(F)F)c1I. The Balaban J connectivity index is 3.38. The number of alkyl halides is 2. The van der Waals surface area contributed by atoms with Gasteiger partial charge in [-0.3, -0.25) is 0 Å². The largest absolute Gasteiger partial charge is 0.281 e. The van der Waals surface area contributed by atoms with Gasteiger partial charge in [-0.2, -0.15) is 5.26 Å². The van der Waals surface area contributed by atoms with E-state index < -0.39 is 12.1 Å². The molecule has 0 bridgehead atoms. The van der Waals surface area contributed by atoms with Gasteiger partial charge in [-0.05, 0) is 28.7 Å². The van der Waals surface area contributed by atoms with Crippen LogP contribution in [0.2, 0.25) is 5.15 Å². The minimum atomic E-state index is -2.71. The molecule has 0 aliphatic carbocycles. The number of halogens is 4. The summed E-state index contributed by atoms with van der Waals surface area (Å²) in [6, 6.07) is 3.03. The predicted octanol–water partition coefficient (Wildman–Crippen LogP) is 3.15. The molecule has 2 nitrogen and oxygen atoms in total. The maximum atomic E-state index is 12.3. The summed E-state index contributed by atoms with van der Waals surface area (Å²) in [4.78, 5) is 3.44. The summed E-state index contributed by atoms with van der Waals surface area (Å²) in [5.41, 5.74) is -0.319. The molecule has 0 N–H and O–H groups in total. The minimum Gasteiger partial charge on any atom is -0.234 e. The van der Waals surface area contributed by atoms with E-state index in [0.29, 0.717) is 0 Å². The molecule has 0 aliphatic heterocycles. The van der Waals surface area contributed by atoms with Gasteiger partial charge in [-0.25, -0.2) is 13.8 Å². The summed E-state index contributed by atoms with van der Waals surface area (Å²) in [7, 11) is 0. The van der Waals surface area contributed by atoms with Crippen molar-refractivity contribution in [3.8, 4) is 6.07 Å². The normalized spacial score (nSPS) is 10.2. The number of hydrogen-bond acceptors (Lipinski definition) is 2. The molecule has 6 heteroatoms. The van der Waals surface area contributed by atoms with E-state index >= 15 is 0 Å². The molecule has 0 aliphatic rings. The lowest BCUT2D eigenvalue weighted by molar-refractivity contribution is 0.145. The molecule has 0 atom stereocenters. The van der Waals surface area contributed by atoms with Crippen molar-refractivity contribution in [1.29, 1.82) is 5.26 Å². The molecule has 0 saturated heterocycles. The first kappa shape index (κ1) is 10.6. The third-order valence-electron chi connectivity index (χ3n) is 1.28. The highest BCUT2D eigenvalue weighted by Crippen LogP contribution is 2.26. The van der Waals surface area contributed by atoms with E-state index in [1.54, 1.807) is 28.7 Å². The first-order valence-corrected chi connectivity index (χ1v) is 4.56. The Labute approximate surface area is 91.7 Å². The maximum Gasteiger partial charge on any atom is 0.281 e. The van der Waals surface area contributed by atoms with Gasteiger partial charge in [0.2, 0.25) is 0 Å². The standard InChI is InChI=1S/C7H2ClF2IN2/c8-4-1-3(2-12)5(11)6(13-4)7(9)10/h1,7H. The minimum absolute atomic E-state index is 0.0905. The molecule has 0 unspecified atom stereocenters. The highest BCUT2D eigenvalue weighted by Gasteiger charge is 2.17. The quantitative estimate of drug-likeness (QED) is 0.590. The summed E-state index contributed by atoms with van der Waals surface area (Å²) < 4.78 is 24.7. The summed E-state index contributed by atoms with van der Waals surface area (Å²) in [5.74, 6) is 0. The van der Waals surface area contributed by atoms with Gasteiger partial charge in [-0.15, -0.1) is 0 Å². The van der Waals surface area contributed by atoms with E-state index in [4.69, 9.17) is 16.9 Å². The molecular weight excluding hydrogens is 312 g/mol. The van der Waals surface area contributed by atoms with E-state index in [1.807, 2.05) is 0 Å². The monoisotopic (exact) mass is 314 g/mol. The molecule has 1 aromatic rings. The van der Waals surface area contributed by atoms with Crippen molar-refractivity contribution >= 4 is 34.2 Å². The highest BCUT2D eigenvalue weighted by atomic mass is 127. The fraction of sp³-hybridized carbons (Fsp3) is 0.143. The van der Waals surface area contributed by atoms with Crippen LogP contribution in [0.5, 0.6) is 0 Å². The van der Waals surface area contributed by atoms with Crippen LogP contribution in [0.25, 0.3) is 0 Å². The first-order chi connectivity index (χ1) is 6.06. The van der Waals surface area contributed by atoms with E-state index in [-0.39, 0.29) is 14.3 Å². The van der Waals surface area contributed by atoms with Crippen molar-refractivity contribution in [2.24, 2.45) is 0 Å². The van der Waals surface area contributed by atoms with Crippen molar-refractivity contribution < 1.29 is 8.78 Å². The van der Waals surface area contributed by atoms with Crippen LogP contribution in [0.3, 0.4) is 0 Å². The van der Waals surface area contributed by atoms with E-state index in [1.165, 1.54) is 6.07 Å². The van der Waals surface area contributed by atoms with Gasteiger partial charge >= 0.3 is 0 Å². The fourth-order valence-corrected chi connectivity index (χ4v) is 1.58. The van der Waals surface area contributed by atoms with Gasteiger partial charge in [-0.1, -0.05) is 11.6 Å². The second-order valence-corrected chi connectivity index (χ2v) is 3.57. The number of hydrogen-bond donors (Lipinski definition) is 0. The molecule has 0 radical (unpaired) electrons. The fourth-order valence-electron chi connectivity index (χ4n) is 0.743. The summed E-state index contributed by atoms with van der Waals surface area (Å²) in [6.45, 7) is 0. The Kier molecular flexibility index (Phi) is 3.39. The molecular formula is C7H2ClF2IN2. The number of aromatic nitrogens is 1. The number of pyridine rings is 1. The molecule has 1 aromatic heterocycles. The van der Waals surface area contributed by atoms with E-state index in [9.17, 15) is 8.78 Å². The zero-order valence-electron chi connectivity index (χ0n) is 6.06. The zero-order chi connectivity index (χ0) is 10.0. The van der Waals surface area contributed by atoms with Crippen molar-refractivity contribution in [3.63, 3.8) is 0 Å². The lowest BCUT2D eigenvalue weighted by Gasteiger charge is -2.03. The van der Waals surface area contributed by atoms with Crippen molar-refractivity contribution in [1.82, 2.24) is 4.98 Å². The summed E-state index contributed by atoms with van der Waals surface area (Å²) >= 11 is 7.10. The van der Waals surface area contributed by atoms with E-state index in [0.717, 1.165) is 0 Å². The Morgan fingerprint density at radius 3 is 2.69 bits per heavy atom. The Bertz CT molecular complexity index is 375. The summed E-state index contributed by atoms with van der Waals surface area (Å²) in [6.07, 6.45) is -2.71. The van der Waals surface area contributed by atoms with Crippen molar-refractivity contribution in [2.45, 2.75) is 6.43 Å². The van der Waals surface area contributed by atoms with Crippen LogP contribution in [-0.4, -0.2) is 4.98 Å². The third kappa shape index (κ3) is 2.25. The maximum absolute atomic E-state index is 12.3. The Morgan fingerprint density at radius 1 is 1.62 bits per heavy atom. The van der Waals surface area contributed by atoms with Crippen LogP contribution in [0.15, 0.2) is 6.07 Å². The molecule has 1 heterocycles. The van der Waals surface area contributed by atoms with Crippen LogP contribution in [0.4, 0.5) is 8.78 Å². The van der Waals surface area contributed by atoms with Gasteiger partial charge in [0.05, 0.1) is 9.13 Å². The van der Waals surface area contributed by atoms with Gasteiger partial charge in [0.1, 0.15) is 16.9 Å². The molecule has 0 fully saturated rings. The Morgan fingerprint density at radius 2 is 2.23 bits per heavy atom. The number of nitriles is 1. The van der Waals surface area contributed by atoms with E-state index in [2.05, 4.69) is 4.98 Å². The lowest BCUT2D eigenvalue weighted by atomic mass is 10.2. The van der Waals surface area contributed by atoms with Gasteiger partial charge in [0.15, 0.2) is 0 Å². The highest BCUT2D eigenvalue weighted by molar-refractivity contribution is 14.1. The molecule has 1 rings (SSSR count). The van der Waals surface area contributed by atoms with Crippen molar-refractivity contribution in [2.75, 3.05) is 0 Å². The lowest BCUT2D eigenvalue weighted by Crippen LogP contribution is -1.97. The first-order valence-electron chi connectivity index (χ1n) is 3.10. The van der Waals surface area contributed by atoms with Crippen LogP contribution >= 0.6 is 34.2 Å². The zero-order valence-corrected chi connectivity index (χ0v) is 8.97. The van der Waals surface area contributed by atoms with Gasteiger partial charge < -0.3 is 0 Å². The smallest absolute Gasteiger partial charge is 0.234 e. The van der Waals surface area contributed by atoms with Crippen LogP contribution in [0.1, 0.15) is 17.7 Å².